The first-order valence-corrected chi connectivity index (χ1v) is 7.18. The zero-order chi connectivity index (χ0) is 15.1. The van der Waals surface area contributed by atoms with Crippen LogP contribution in [0.1, 0.15) is 5.69 Å². The van der Waals surface area contributed by atoms with Crippen molar-refractivity contribution < 1.29 is 21.6 Å². The van der Waals surface area contributed by atoms with Crippen molar-refractivity contribution in [3.63, 3.8) is 0 Å². The van der Waals surface area contributed by atoms with Gasteiger partial charge in [0.25, 0.3) is 5.56 Å². The first-order valence-electron chi connectivity index (χ1n) is 5.29. The monoisotopic (exact) mass is 306 g/mol. The molecule has 0 saturated heterocycles. The fraction of sp³-hybridized carbons (Fsp3) is 0.182. The van der Waals surface area contributed by atoms with Crippen molar-refractivity contribution in [1.82, 2.24) is 9.78 Å². The van der Waals surface area contributed by atoms with Crippen LogP contribution in [0.15, 0.2) is 40.0 Å². The lowest BCUT2D eigenvalue weighted by Crippen LogP contribution is -2.13. The molecule has 0 aliphatic carbocycles. The summed E-state index contributed by atoms with van der Waals surface area (Å²) < 4.78 is 60.6. The largest absolute Gasteiger partial charge is 0.432 e. The van der Waals surface area contributed by atoms with E-state index in [1.165, 1.54) is 24.3 Å². The summed E-state index contributed by atoms with van der Waals surface area (Å²) in [5.41, 5.74) is -1.95. The van der Waals surface area contributed by atoms with Gasteiger partial charge in [-0.3, -0.25) is 9.89 Å². The van der Waals surface area contributed by atoms with E-state index in [0.717, 1.165) is 6.26 Å². The zero-order valence-corrected chi connectivity index (χ0v) is 10.9. The fourth-order valence-corrected chi connectivity index (χ4v) is 2.21. The second-order valence-corrected chi connectivity index (χ2v) is 6.12. The number of hydrogen-bond acceptors (Lipinski definition) is 3. The minimum absolute atomic E-state index is 0.0110. The molecule has 0 bridgehead atoms. The normalized spacial score (nSPS) is 12.6. The summed E-state index contributed by atoms with van der Waals surface area (Å²) in [5.74, 6) is 0. The van der Waals surface area contributed by atoms with E-state index in [9.17, 15) is 26.4 Å². The van der Waals surface area contributed by atoms with Crippen LogP contribution >= 0.6 is 0 Å². The maximum absolute atomic E-state index is 12.5. The molecule has 1 heterocycles. The molecule has 0 aliphatic rings. The number of alkyl halides is 3. The van der Waals surface area contributed by atoms with Crippen molar-refractivity contribution in [2.24, 2.45) is 0 Å². The Hall–Kier alpha value is -2.03. The highest BCUT2D eigenvalue weighted by atomic mass is 32.2. The molecule has 0 saturated carbocycles. The van der Waals surface area contributed by atoms with Gasteiger partial charge in [0, 0.05) is 12.3 Å². The summed E-state index contributed by atoms with van der Waals surface area (Å²) in [6.45, 7) is 0. The second-order valence-electron chi connectivity index (χ2n) is 4.11. The van der Waals surface area contributed by atoms with Gasteiger partial charge in [-0.05, 0) is 24.3 Å². The topological polar surface area (TPSA) is 71.9 Å². The standard InChI is InChI=1S/C11H9F3N2O3S/c1-20(18,19)8-4-2-7(3-5-8)16-10(17)6-9(15-16)11(12,13)14/h2-6,15H,1H3. The molecule has 0 radical (unpaired) electrons. The molecule has 2 aromatic rings. The van der Waals surface area contributed by atoms with E-state index in [0.29, 0.717) is 10.7 Å². The first-order chi connectivity index (χ1) is 9.09. The van der Waals surface area contributed by atoms with Crippen LogP contribution in [0.5, 0.6) is 0 Å². The molecule has 9 heteroatoms. The van der Waals surface area contributed by atoms with Gasteiger partial charge >= 0.3 is 6.18 Å². The van der Waals surface area contributed by atoms with E-state index < -0.39 is 27.3 Å². The highest BCUT2D eigenvalue weighted by Crippen LogP contribution is 2.26. The van der Waals surface area contributed by atoms with Crippen LogP contribution in [0.3, 0.4) is 0 Å². The average Bonchev–Trinajstić information content (AvgIpc) is 2.70. The molecule has 20 heavy (non-hydrogen) atoms. The number of H-pyrrole nitrogens is 1. The molecule has 1 N–H and O–H groups in total. The predicted octanol–water partition coefficient (Wildman–Crippen LogP) is 1.59. The molecule has 2 rings (SSSR count). The number of nitrogens with one attached hydrogen (secondary N) is 1. The Bertz CT molecular complexity index is 786. The summed E-state index contributed by atoms with van der Waals surface area (Å²) in [6, 6.07) is 5.35. The summed E-state index contributed by atoms with van der Waals surface area (Å²) in [7, 11) is -3.41. The van der Waals surface area contributed by atoms with Gasteiger partial charge in [0.05, 0.1) is 10.6 Å². The molecule has 0 aliphatic heterocycles. The Labute approximate surface area is 111 Å². The Balaban J connectivity index is 2.48. The third kappa shape index (κ3) is 2.77. The van der Waals surface area contributed by atoms with E-state index in [1.54, 1.807) is 0 Å². The second kappa shape index (κ2) is 4.51. The van der Waals surface area contributed by atoms with Crippen LogP contribution in [0.25, 0.3) is 5.69 Å². The molecular formula is C11H9F3N2O3S. The van der Waals surface area contributed by atoms with Crippen molar-refractivity contribution in [3.05, 3.63) is 46.4 Å². The Morgan fingerprint density at radius 1 is 1.15 bits per heavy atom. The number of halogens is 3. The van der Waals surface area contributed by atoms with Crippen molar-refractivity contribution in [3.8, 4) is 5.69 Å². The van der Waals surface area contributed by atoms with Crippen LogP contribution in [0, 0.1) is 0 Å². The molecule has 5 nitrogen and oxygen atoms in total. The summed E-state index contributed by atoms with van der Waals surface area (Å²) in [5, 5.41) is 1.93. The van der Waals surface area contributed by atoms with Crippen LogP contribution in [0.2, 0.25) is 0 Å². The van der Waals surface area contributed by atoms with E-state index in [-0.39, 0.29) is 10.6 Å². The van der Waals surface area contributed by atoms with Gasteiger partial charge in [0.1, 0.15) is 5.69 Å². The lowest BCUT2D eigenvalue weighted by molar-refractivity contribution is -0.141. The predicted molar refractivity (Wildman–Crippen MR) is 64.5 cm³/mol. The van der Waals surface area contributed by atoms with Gasteiger partial charge in [-0.15, -0.1) is 0 Å². The number of aromatic nitrogens is 2. The number of sulfone groups is 1. The molecule has 1 aromatic heterocycles. The number of rotatable bonds is 2. The molecule has 0 unspecified atom stereocenters. The zero-order valence-electron chi connectivity index (χ0n) is 10.1. The van der Waals surface area contributed by atoms with Gasteiger partial charge in [-0.1, -0.05) is 0 Å². The molecule has 0 atom stereocenters. The lowest BCUT2D eigenvalue weighted by Gasteiger charge is -2.05. The number of benzene rings is 1. The van der Waals surface area contributed by atoms with Gasteiger partial charge in [0.15, 0.2) is 9.84 Å². The SMILES string of the molecule is CS(=O)(=O)c1ccc(-n2[nH]c(C(F)(F)F)cc2=O)cc1. The Morgan fingerprint density at radius 3 is 2.10 bits per heavy atom. The van der Waals surface area contributed by atoms with E-state index >= 15 is 0 Å². The van der Waals surface area contributed by atoms with E-state index in [1.807, 2.05) is 5.10 Å². The van der Waals surface area contributed by atoms with Crippen molar-refractivity contribution >= 4 is 9.84 Å². The number of nitrogens with zero attached hydrogens (tertiary/aromatic N) is 1. The van der Waals surface area contributed by atoms with Crippen molar-refractivity contribution in [1.29, 1.82) is 0 Å². The quantitative estimate of drug-likeness (QED) is 0.916. The van der Waals surface area contributed by atoms with Crippen LogP contribution in [-0.4, -0.2) is 24.5 Å². The maximum Gasteiger partial charge on any atom is 0.432 e. The van der Waals surface area contributed by atoms with E-state index in [2.05, 4.69) is 0 Å². The fourth-order valence-electron chi connectivity index (χ4n) is 1.58. The average molecular weight is 306 g/mol. The maximum atomic E-state index is 12.5. The molecule has 1 aromatic carbocycles. The van der Waals surface area contributed by atoms with Crippen molar-refractivity contribution in [2.75, 3.05) is 6.26 Å². The highest BCUT2D eigenvalue weighted by molar-refractivity contribution is 7.90. The van der Waals surface area contributed by atoms with Crippen LogP contribution in [-0.2, 0) is 16.0 Å². The Kier molecular flexibility index (Phi) is 3.24. The minimum atomic E-state index is -4.66. The summed E-state index contributed by atoms with van der Waals surface area (Å²) in [6.07, 6.45) is -3.65. The molecule has 0 amide bonds. The highest BCUT2D eigenvalue weighted by Gasteiger charge is 2.33. The Morgan fingerprint density at radius 2 is 1.70 bits per heavy atom. The van der Waals surface area contributed by atoms with Crippen LogP contribution < -0.4 is 5.56 Å². The third-order valence-electron chi connectivity index (χ3n) is 2.55. The first kappa shape index (κ1) is 14.4. The molecule has 108 valence electrons. The third-order valence-corrected chi connectivity index (χ3v) is 3.68. The van der Waals surface area contributed by atoms with Gasteiger partial charge < -0.3 is 0 Å². The molecular weight excluding hydrogens is 297 g/mol. The summed E-state index contributed by atoms with van der Waals surface area (Å²) >= 11 is 0. The van der Waals surface area contributed by atoms with Crippen molar-refractivity contribution in [2.45, 2.75) is 11.1 Å². The molecule has 0 spiro atoms. The molecule has 0 fully saturated rings. The van der Waals surface area contributed by atoms with E-state index in [4.69, 9.17) is 0 Å². The van der Waals surface area contributed by atoms with Gasteiger partial charge in [-0.25, -0.2) is 13.1 Å². The van der Waals surface area contributed by atoms with Gasteiger partial charge in [0.2, 0.25) is 0 Å². The smallest absolute Gasteiger partial charge is 0.286 e. The lowest BCUT2D eigenvalue weighted by atomic mass is 10.3. The minimum Gasteiger partial charge on any atom is -0.286 e. The summed E-state index contributed by atoms with van der Waals surface area (Å²) in [4.78, 5) is 11.5. The van der Waals surface area contributed by atoms with Gasteiger partial charge in [-0.2, -0.15) is 13.2 Å². The van der Waals surface area contributed by atoms with Crippen LogP contribution in [0.4, 0.5) is 13.2 Å². The number of hydrogen-bond donors (Lipinski definition) is 1. The number of aromatic amines is 1.